The Kier molecular flexibility index (Phi) is 12.0. The number of rotatable bonds is 6. The van der Waals surface area contributed by atoms with Gasteiger partial charge in [-0.1, -0.05) is 0 Å². The van der Waals surface area contributed by atoms with E-state index in [1.54, 1.807) is 0 Å². The largest absolute Gasteiger partial charge is 0.426 e. The zero-order valence-corrected chi connectivity index (χ0v) is 29.1. The summed E-state index contributed by atoms with van der Waals surface area (Å²) in [5, 5.41) is 120. The first-order chi connectivity index (χ1) is 24.4. The number of aliphatic hydroxyl groups excluding tert-OH is 11. The van der Waals surface area contributed by atoms with Crippen molar-refractivity contribution in [3.63, 3.8) is 0 Å². The number of hydrogen-bond acceptors (Lipinski definition) is 14. The smallest absolute Gasteiger partial charge is 0.187 e. The highest BCUT2D eigenvalue weighted by Crippen LogP contribution is 2.53. The van der Waals surface area contributed by atoms with Crippen molar-refractivity contribution in [3.8, 4) is 0 Å². The van der Waals surface area contributed by atoms with Crippen molar-refractivity contribution in [1.29, 1.82) is 0 Å². The molecule has 0 radical (unpaired) electrons. The molecule has 4 saturated carbocycles. The highest BCUT2D eigenvalue weighted by molar-refractivity contribution is 5.09. The minimum absolute atomic E-state index is 0.00508. The molecule has 0 spiro atoms. The molecule has 3 saturated heterocycles. The first-order valence-electron chi connectivity index (χ1n) is 19.4. The van der Waals surface area contributed by atoms with Gasteiger partial charge in [0.1, 0.15) is 30.5 Å². The quantitative estimate of drug-likeness (QED) is 0.123. The molecule has 0 aromatic heterocycles. The van der Waals surface area contributed by atoms with Gasteiger partial charge in [0.05, 0.1) is 73.4 Å². The second-order valence-electron chi connectivity index (χ2n) is 17.0. The van der Waals surface area contributed by atoms with Gasteiger partial charge in [-0.15, -0.1) is 0 Å². The minimum Gasteiger partial charge on any atom is -0.426 e. The van der Waals surface area contributed by atoms with Crippen LogP contribution in [-0.4, -0.2) is 171 Å². The third-order valence-electron chi connectivity index (χ3n) is 13.9. The van der Waals surface area contributed by atoms with Crippen LogP contribution in [0.5, 0.6) is 0 Å². The molecule has 294 valence electrons. The monoisotopic (exact) mass is 733 g/mol. The van der Waals surface area contributed by atoms with E-state index in [0.717, 1.165) is 0 Å². The lowest BCUT2D eigenvalue weighted by Crippen LogP contribution is -2.69. The Morgan fingerprint density at radius 1 is 0.529 bits per heavy atom. The minimum atomic E-state index is -1.64. The van der Waals surface area contributed by atoms with Gasteiger partial charge in [-0.2, -0.15) is 0 Å². The van der Waals surface area contributed by atoms with Crippen LogP contribution >= 0.6 is 0 Å². The summed E-state index contributed by atoms with van der Waals surface area (Å²) in [4.78, 5) is 0. The third-order valence-corrected chi connectivity index (χ3v) is 13.9. The van der Waals surface area contributed by atoms with Crippen LogP contribution in [-0.2, 0) is 14.2 Å². The predicted octanol–water partition coefficient (Wildman–Crippen LogP) is -2.82. The van der Waals surface area contributed by atoms with Crippen molar-refractivity contribution in [2.75, 3.05) is 6.61 Å². The fourth-order valence-electron chi connectivity index (χ4n) is 11.3. The molecule has 15 heteroatoms. The normalized spacial score (nSPS) is 56.9. The molecule has 7 rings (SSSR count). The van der Waals surface area contributed by atoms with E-state index in [1.165, 1.54) is 0 Å². The summed E-state index contributed by atoms with van der Waals surface area (Å²) in [6.45, 7) is -0.617. The summed E-state index contributed by atoms with van der Waals surface area (Å²) in [6, 6.07) is 0. The lowest BCUT2D eigenvalue weighted by Gasteiger charge is -2.58. The lowest BCUT2D eigenvalue weighted by molar-refractivity contribution is -0.370. The van der Waals surface area contributed by atoms with Gasteiger partial charge in [0.2, 0.25) is 0 Å². The standard InChI is InChI=1S/C36H60O15/c37-13-25-29(44)31(46)32(47)36(50-25)49-24-11-19-20(41)12-22(43)27(35(19)51-33(24)14-1-5-16(38)6-2-14)28-26-21(42)9-18(40)10-23(26)48-34(30(28)45)15-3-7-17(39)8-4-15/h14-47H,1-13H2/p+1/t14?,15?,16?,17?,18?,19?,20?,21?,22?,23?,24?,25-,26?,27?,28+,29-,30-,31+,32-,33?,34-,35?,36-/m1/s1. The molecule has 7 fully saturated rings. The van der Waals surface area contributed by atoms with Crippen LogP contribution in [0.4, 0.5) is 0 Å². The van der Waals surface area contributed by atoms with E-state index in [1.807, 2.05) is 0 Å². The van der Waals surface area contributed by atoms with Crippen LogP contribution in [0.2, 0.25) is 0 Å². The van der Waals surface area contributed by atoms with Crippen LogP contribution in [0.3, 0.4) is 0 Å². The maximum Gasteiger partial charge on any atom is 0.187 e. The molecule has 0 aromatic rings. The molecule has 12 N–H and O–H groups in total. The second kappa shape index (κ2) is 15.9. The van der Waals surface area contributed by atoms with Crippen molar-refractivity contribution in [2.24, 2.45) is 35.5 Å². The topological polar surface area (TPSA) is 263 Å². The van der Waals surface area contributed by atoms with Gasteiger partial charge < -0.3 is 75.1 Å². The van der Waals surface area contributed by atoms with Crippen LogP contribution in [0.15, 0.2) is 0 Å². The van der Waals surface area contributed by atoms with E-state index in [4.69, 9.17) is 18.9 Å². The highest BCUT2D eigenvalue weighted by Gasteiger charge is 2.64. The molecule has 0 aromatic carbocycles. The number of hydrogen-bond donors (Lipinski definition) is 11. The van der Waals surface area contributed by atoms with Gasteiger partial charge in [0, 0.05) is 24.2 Å². The zero-order chi connectivity index (χ0) is 36.3. The van der Waals surface area contributed by atoms with E-state index in [9.17, 15) is 56.2 Å². The molecular weight excluding hydrogens is 672 g/mol. The van der Waals surface area contributed by atoms with Crippen LogP contribution in [0, 0.1) is 35.5 Å². The third kappa shape index (κ3) is 7.53. The van der Waals surface area contributed by atoms with Crippen LogP contribution in [0.25, 0.3) is 0 Å². The summed E-state index contributed by atoms with van der Waals surface area (Å²) in [6.07, 6.45) is -11.0. The maximum absolute atomic E-state index is 12.3. The molecule has 4 aliphatic carbocycles. The average molecular weight is 734 g/mol. The molecule has 7 aliphatic rings. The lowest BCUT2D eigenvalue weighted by atomic mass is 9.57. The fourth-order valence-corrected chi connectivity index (χ4v) is 11.3. The van der Waals surface area contributed by atoms with E-state index >= 15 is 0 Å². The van der Waals surface area contributed by atoms with Gasteiger partial charge in [0.15, 0.2) is 18.5 Å². The van der Waals surface area contributed by atoms with Crippen molar-refractivity contribution >= 4 is 0 Å². The highest BCUT2D eigenvalue weighted by atomic mass is 16.7. The van der Waals surface area contributed by atoms with Crippen LogP contribution < -0.4 is 0 Å². The molecule has 0 bridgehead atoms. The number of ether oxygens (including phenoxy) is 4. The maximum atomic E-state index is 12.3. The summed E-state index contributed by atoms with van der Waals surface area (Å²) >= 11 is 0. The summed E-state index contributed by atoms with van der Waals surface area (Å²) in [5.41, 5.74) is 0. The Morgan fingerprint density at radius 3 is 1.80 bits per heavy atom. The Hall–Kier alpha value is -0.600. The summed E-state index contributed by atoms with van der Waals surface area (Å²) < 4.78 is 24.0. The predicted molar refractivity (Wildman–Crippen MR) is 175 cm³/mol. The number of fused-ring (bicyclic) bond motifs is 2. The molecule has 3 heterocycles. The molecule has 19 atom stereocenters. The van der Waals surface area contributed by atoms with E-state index in [-0.39, 0.29) is 37.5 Å². The molecular formula is C36H61O15+. The van der Waals surface area contributed by atoms with Crippen molar-refractivity contribution in [3.05, 3.63) is 0 Å². The molecule has 15 nitrogen and oxygen atoms in total. The molecule has 51 heavy (non-hydrogen) atoms. The Morgan fingerprint density at radius 2 is 1.16 bits per heavy atom. The van der Waals surface area contributed by atoms with Gasteiger partial charge in [-0.3, -0.25) is 0 Å². The zero-order valence-electron chi connectivity index (χ0n) is 29.1. The van der Waals surface area contributed by atoms with E-state index < -0.39 is 134 Å². The first-order valence-corrected chi connectivity index (χ1v) is 19.4. The molecule has 0 amide bonds. The Bertz CT molecular complexity index is 1130. The first kappa shape index (κ1) is 38.7. The molecule has 11 unspecified atom stereocenters. The summed E-state index contributed by atoms with van der Waals surface area (Å²) in [7, 11) is 0. The SMILES string of the molecule is OC[C@H]1O[C@@H](OC2CC3C(O)CC(O)C([C@@H]4C5C(O)CC(O)CC5O[C@H](C5CCC(O)CC5)[C@@H]4O)C3[OH+]C2C2CCC(O)CC2)[C@H](O)[C@@H](O)[C@@H]1O. The van der Waals surface area contributed by atoms with Crippen LogP contribution in [0.1, 0.15) is 77.0 Å². The Labute approximate surface area is 298 Å². The summed E-state index contributed by atoms with van der Waals surface area (Å²) in [5.74, 6) is -2.67. The number of aliphatic hydroxyl groups is 13. The van der Waals surface area contributed by atoms with Crippen molar-refractivity contribution in [2.45, 2.75) is 181 Å². The second-order valence-corrected chi connectivity index (χ2v) is 17.0. The van der Waals surface area contributed by atoms with E-state index in [0.29, 0.717) is 51.4 Å². The Balaban J connectivity index is 1.21. The molecule has 3 aliphatic heterocycles. The van der Waals surface area contributed by atoms with Gasteiger partial charge in [-0.25, -0.2) is 0 Å². The van der Waals surface area contributed by atoms with Gasteiger partial charge >= 0.3 is 0 Å². The average Bonchev–Trinajstić information content (AvgIpc) is 3.10. The van der Waals surface area contributed by atoms with E-state index in [2.05, 4.69) is 0 Å². The fraction of sp³-hybridized carbons (Fsp3) is 1.00. The van der Waals surface area contributed by atoms with Gasteiger partial charge in [-0.05, 0) is 76.5 Å². The van der Waals surface area contributed by atoms with Gasteiger partial charge in [0.25, 0.3) is 0 Å². The van der Waals surface area contributed by atoms with Crippen molar-refractivity contribution < 1.29 is 75.1 Å². The van der Waals surface area contributed by atoms with Crippen molar-refractivity contribution in [1.82, 2.24) is 0 Å².